The zero-order valence-corrected chi connectivity index (χ0v) is 17.9. The van der Waals surface area contributed by atoms with Crippen molar-refractivity contribution in [1.29, 1.82) is 0 Å². The Labute approximate surface area is 171 Å². The highest BCUT2D eigenvalue weighted by atomic mass is 35.5. The molecule has 7 heteroatoms. The Morgan fingerprint density at radius 3 is 2.32 bits per heavy atom. The lowest BCUT2D eigenvalue weighted by atomic mass is 9.99. The Bertz CT molecular complexity index is 964. The SMILES string of the molecule is Cc1cc(C)c(S(=O)(=O)N2CCC[C@H](C(=O)Nc3ccc(Cl)cc3)C2)c(C)c1. The van der Waals surface area contributed by atoms with Gasteiger partial charge in [-0.05, 0) is 69.0 Å². The van der Waals surface area contributed by atoms with E-state index in [1.165, 1.54) is 4.31 Å². The second-order valence-electron chi connectivity index (χ2n) is 7.43. The van der Waals surface area contributed by atoms with E-state index in [9.17, 15) is 13.2 Å². The molecule has 1 aliphatic heterocycles. The Morgan fingerprint density at radius 1 is 1.11 bits per heavy atom. The molecule has 0 aromatic heterocycles. The number of hydrogen-bond donors (Lipinski definition) is 1. The number of sulfonamides is 1. The molecule has 1 fully saturated rings. The van der Waals surface area contributed by atoms with E-state index in [0.29, 0.717) is 35.0 Å². The number of nitrogens with zero attached hydrogens (tertiary/aromatic N) is 1. The molecule has 0 aliphatic carbocycles. The van der Waals surface area contributed by atoms with Gasteiger partial charge in [-0.25, -0.2) is 8.42 Å². The largest absolute Gasteiger partial charge is 0.326 e. The van der Waals surface area contributed by atoms with Crippen LogP contribution in [0.25, 0.3) is 0 Å². The molecule has 1 saturated heterocycles. The Hall–Kier alpha value is -1.89. The van der Waals surface area contributed by atoms with Crippen molar-refractivity contribution in [3.8, 4) is 0 Å². The van der Waals surface area contributed by atoms with Crippen molar-refractivity contribution in [2.45, 2.75) is 38.5 Å². The molecule has 2 aromatic rings. The Kier molecular flexibility index (Phi) is 6.12. The fourth-order valence-corrected chi connectivity index (χ4v) is 5.92. The van der Waals surface area contributed by atoms with Gasteiger partial charge in [0.15, 0.2) is 0 Å². The summed E-state index contributed by atoms with van der Waals surface area (Å²) in [5, 5.41) is 3.46. The molecule has 0 unspecified atom stereocenters. The molecule has 1 atom stereocenters. The number of hydrogen-bond acceptors (Lipinski definition) is 3. The van der Waals surface area contributed by atoms with Crippen molar-refractivity contribution in [3.63, 3.8) is 0 Å². The highest BCUT2D eigenvalue weighted by Gasteiger charge is 2.34. The van der Waals surface area contributed by atoms with Gasteiger partial charge in [-0.2, -0.15) is 4.31 Å². The zero-order chi connectivity index (χ0) is 20.5. The number of anilines is 1. The van der Waals surface area contributed by atoms with Crippen LogP contribution in [-0.4, -0.2) is 31.7 Å². The molecule has 28 heavy (non-hydrogen) atoms. The molecule has 0 bridgehead atoms. The average Bonchev–Trinajstić information content (AvgIpc) is 2.62. The van der Waals surface area contributed by atoms with Crippen molar-refractivity contribution in [1.82, 2.24) is 4.31 Å². The van der Waals surface area contributed by atoms with Crippen LogP contribution in [0.3, 0.4) is 0 Å². The van der Waals surface area contributed by atoms with E-state index < -0.39 is 10.0 Å². The highest BCUT2D eigenvalue weighted by molar-refractivity contribution is 7.89. The van der Waals surface area contributed by atoms with Crippen molar-refractivity contribution in [2.24, 2.45) is 5.92 Å². The third-order valence-electron chi connectivity index (χ3n) is 5.07. The molecule has 2 aromatic carbocycles. The molecule has 0 spiro atoms. The van der Waals surface area contributed by atoms with E-state index in [1.807, 2.05) is 32.9 Å². The second-order valence-corrected chi connectivity index (χ2v) is 9.74. The van der Waals surface area contributed by atoms with Crippen molar-refractivity contribution in [3.05, 3.63) is 58.1 Å². The summed E-state index contributed by atoms with van der Waals surface area (Å²) < 4.78 is 28.0. The van der Waals surface area contributed by atoms with Gasteiger partial charge in [-0.3, -0.25) is 4.79 Å². The topological polar surface area (TPSA) is 66.5 Å². The minimum Gasteiger partial charge on any atom is -0.326 e. The maximum absolute atomic E-state index is 13.3. The molecular weight excluding hydrogens is 396 g/mol. The van der Waals surface area contributed by atoms with Gasteiger partial charge in [0.25, 0.3) is 0 Å². The lowest BCUT2D eigenvalue weighted by Gasteiger charge is -2.32. The van der Waals surface area contributed by atoms with Gasteiger partial charge < -0.3 is 5.32 Å². The Morgan fingerprint density at radius 2 is 1.71 bits per heavy atom. The van der Waals surface area contributed by atoms with E-state index in [0.717, 1.165) is 16.7 Å². The summed E-state index contributed by atoms with van der Waals surface area (Å²) in [7, 11) is -3.65. The maximum atomic E-state index is 13.3. The van der Waals surface area contributed by atoms with Crippen LogP contribution in [-0.2, 0) is 14.8 Å². The molecule has 0 saturated carbocycles. The van der Waals surface area contributed by atoms with E-state index in [2.05, 4.69) is 5.32 Å². The molecular formula is C21H25ClN2O3S. The van der Waals surface area contributed by atoms with Gasteiger partial charge in [-0.1, -0.05) is 29.3 Å². The third-order valence-corrected chi connectivity index (χ3v) is 7.49. The first kappa shape index (κ1) is 20.8. The zero-order valence-electron chi connectivity index (χ0n) is 16.3. The van der Waals surface area contributed by atoms with Crippen molar-refractivity contribution >= 4 is 33.2 Å². The van der Waals surface area contributed by atoms with Gasteiger partial charge >= 0.3 is 0 Å². The van der Waals surface area contributed by atoms with Crippen LogP contribution in [0.1, 0.15) is 29.5 Å². The lowest BCUT2D eigenvalue weighted by Crippen LogP contribution is -2.44. The fraction of sp³-hybridized carbons (Fsp3) is 0.381. The van der Waals surface area contributed by atoms with Gasteiger partial charge in [0.05, 0.1) is 10.8 Å². The van der Waals surface area contributed by atoms with Crippen LogP contribution in [0.4, 0.5) is 5.69 Å². The van der Waals surface area contributed by atoms with Gasteiger partial charge in [0, 0.05) is 23.8 Å². The maximum Gasteiger partial charge on any atom is 0.243 e. The van der Waals surface area contributed by atoms with E-state index in [1.54, 1.807) is 24.3 Å². The predicted molar refractivity (Wildman–Crippen MR) is 112 cm³/mol. The summed E-state index contributed by atoms with van der Waals surface area (Å²) in [6.45, 7) is 6.21. The smallest absolute Gasteiger partial charge is 0.243 e. The normalized spacial score (nSPS) is 18.1. The monoisotopic (exact) mass is 420 g/mol. The van der Waals surface area contributed by atoms with Crippen molar-refractivity contribution < 1.29 is 13.2 Å². The van der Waals surface area contributed by atoms with Crippen LogP contribution in [0.5, 0.6) is 0 Å². The summed E-state index contributed by atoms with van der Waals surface area (Å²) in [6.07, 6.45) is 1.32. The van der Waals surface area contributed by atoms with E-state index in [4.69, 9.17) is 11.6 Å². The number of aryl methyl sites for hydroxylation is 3. The summed E-state index contributed by atoms with van der Waals surface area (Å²) in [4.78, 5) is 13.0. The summed E-state index contributed by atoms with van der Waals surface area (Å²) >= 11 is 5.87. The van der Waals surface area contributed by atoms with E-state index in [-0.39, 0.29) is 18.4 Å². The Balaban J connectivity index is 1.79. The second kappa shape index (κ2) is 8.23. The number of carbonyl (C=O) groups excluding carboxylic acids is 1. The third kappa shape index (κ3) is 4.40. The van der Waals surface area contributed by atoms with Crippen LogP contribution >= 0.6 is 11.6 Å². The molecule has 1 amide bonds. The highest BCUT2D eigenvalue weighted by Crippen LogP contribution is 2.29. The summed E-state index contributed by atoms with van der Waals surface area (Å²) in [5.41, 5.74) is 3.17. The molecule has 3 rings (SSSR count). The van der Waals surface area contributed by atoms with Gasteiger partial charge in [0.1, 0.15) is 0 Å². The van der Waals surface area contributed by atoms with Crippen LogP contribution in [0, 0.1) is 26.7 Å². The minimum atomic E-state index is -3.65. The molecule has 1 heterocycles. The molecule has 1 aliphatic rings. The number of benzene rings is 2. The molecule has 150 valence electrons. The number of halogens is 1. The first-order valence-electron chi connectivity index (χ1n) is 9.33. The molecule has 5 nitrogen and oxygen atoms in total. The number of amides is 1. The molecule has 1 N–H and O–H groups in total. The van der Waals surface area contributed by atoms with E-state index >= 15 is 0 Å². The lowest BCUT2D eigenvalue weighted by molar-refractivity contribution is -0.120. The quantitative estimate of drug-likeness (QED) is 0.801. The van der Waals surface area contributed by atoms with Gasteiger partial charge in [0.2, 0.25) is 15.9 Å². The molecule has 0 radical (unpaired) electrons. The van der Waals surface area contributed by atoms with Crippen molar-refractivity contribution in [2.75, 3.05) is 18.4 Å². The minimum absolute atomic E-state index is 0.167. The number of piperidine rings is 1. The standard InChI is InChI=1S/C21H25ClN2O3S/c1-14-11-15(2)20(16(3)12-14)28(26,27)24-10-4-5-17(13-24)21(25)23-19-8-6-18(22)7-9-19/h6-9,11-12,17H,4-5,10,13H2,1-3H3,(H,23,25)/t17-/m0/s1. The predicted octanol–water partition coefficient (Wildman–Crippen LogP) is 4.30. The summed E-state index contributed by atoms with van der Waals surface area (Å²) in [6, 6.07) is 10.6. The number of rotatable bonds is 4. The first-order chi connectivity index (χ1) is 13.2. The van der Waals surface area contributed by atoms with Crippen LogP contribution in [0.2, 0.25) is 5.02 Å². The summed E-state index contributed by atoms with van der Waals surface area (Å²) in [5.74, 6) is -0.551. The van der Waals surface area contributed by atoms with Crippen LogP contribution in [0.15, 0.2) is 41.3 Å². The fourth-order valence-electron chi connectivity index (χ4n) is 3.86. The average molecular weight is 421 g/mol. The van der Waals surface area contributed by atoms with Crippen LogP contribution < -0.4 is 5.32 Å². The number of nitrogens with one attached hydrogen (secondary N) is 1. The van der Waals surface area contributed by atoms with Gasteiger partial charge in [-0.15, -0.1) is 0 Å². The first-order valence-corrected chi connectivity index (χ1v) is 11.1. The number of carbonyl (C=O) groups is 1.